The molecule has 1 saturated heterocycles. The highest BCUT2D eigenvalue weighted by Crippen LogP contribution is 2.14. The molecular formula is C23H33IN4O2. The summed E-state index contributed by atoms with van der Waals surface area (Å²) in [6.45, 7) is 8.82. The van der Waals surface area contributed by atoms with Gasteiger partial charge in [0.25, 0.3) is 0 Å². The third-order valence-electron chi connectivity index (χ3n) is 4.96. The molecule has 0 saturated carbocycles. The summed E-state index contributed by atoms with van der Waals surface area (Å²) in [5.74, 6) is 1.67. The number of nitrogens with zero attached hydrogens (tertiary/aromatic N) is 2. The van der Waals surface area contributed by atoms with E-state index in [2.05, 4.69) is 52.8 Å². The van der Waals surface area contributed by atoms with Crippen LogP contribution in [0.1, 0.15) is 23.6 Å². The van der Waals surface area contributed by atoms with Gasteiger partial charge in [-0.1, -0.05) is 36.4 Å². The van der Waals surface area contributed by atoms with Crippen molar-refractivity contribution in [2.75, 3.05) is 40.0 Å². The Balaban J connectivity index is 0.00000320. The smallest absolute Gasteiger partial charge is 0.191 e. The van der Waals surface area contributed by atoms with E-state index in [9.17, 15) is 0 Å². The molecule has 6 nitrogen and oxygen atoms in total. The van der Waals surface area contributed by atoms with Crippen LogP contribution < -0.4 is 15.4 Å². The molecule has 0 aliphatic carbocycles. The topological polar surface area (TPSA) is 58.1 Å². The van der Waals surface area contributed by atoms with Gasteiger partial charge in [0, 0.05) is 32.7 Å². The maximum Gasteiger partial charge on any atom is 0.191 e. The summed E-state index contributed by atoms with van der Waals surface area (Å²) in [5.41, 5.74) is 3.77. The Bertz CT molecular complexity index is 794. The molecule has 1 fully saturated rings. The number of rotatable bonds is 8. The van der Waals surface area contributed by atoms with E-state index in [1.54, 1.807) is 7.11 Å². The van der Waals surface area contributed by atoms with Crippen molar-refractivity contribution in [3.05, 3.63) is 65.2 Å². The van der Waals surface area contributed by atoms with Crippen molar-refractivity contribution < 1.29 is 9.47 Å². The van der Waals surface area contributed by atoms with Gasteiger partial charge in [-0.2, -0.15) is 0 Å². The molecule has 0 aromatic heterocycles. The summed E-state index contributed by atoms with van der Waals surface area (Å²) in [6.07, 6.45) is 0. The predicted molar refractivity (Wildman–Crippen MR) is 133 cm³/mol. The Hall–Kier alpha value is -1.84. The van der Waals surface area contributed by atoms with E-state index in [0.717, 1.165) is 63.2 Å². The van der Waals surface area contributed by atoms with Crippen molar-refractivity contribution in [1.29, 1.82) is 0 Å². The number of morpholine rings is 1. The number of halogens is 1. The average Bonchev–Trinajstić information content (AvgIpc) is 2.77. The van der Waals surface area contributed by atoms with Crippen LogP contribution in [0.5, 0.6) is 5.75 Å². The first kappa shape index (κ1) is 24.4. The van der Waals surface area contributed by atoms with Crippen molar-refractivity contribution in [1.82, 2.24) is 15.5 Å². The van der Waals surface area contributed by atoms with Gasteiger partial charge in [-0.3, -0.25) is 4.90 Å². The minimum absolute atomic E-state index is 0. The molecule has 7 heteroatoms. The van der Waals surface area contributed by atoms with Crippen molar-refractivity contribution in [3.63, 3.8) is 0 Å². The van der Waals surface area contributed by atoms with Crippen LogP contribution in [0.2, 0.25) is 0 Å². The molecule has 1 aliphatic heterocycles. The maximum atomic E-state index is 5.47. The fraction of sp³-hybridized carbons (Fsp3) is 0.435. The molecule has 0 radical (unpaired) electrons. The van der Waals surface area contributed by atoms with Gasteiger partial charge in [0.15, 0.2) is 5.96 Å². The first-order valence-electron chi connectivity index (χ1n) is 10.3. The molecule has 0 unspecified atom stereocenters. The number of aliphatic imine (C=N–C) groups is 1. The third-order valence-corrected chi connectivity index (χ3v) is 4.96. The lowest BCUT2D eigenvalue weighted by Crippen LogP contribution is -2.38. The zero-order valence-corrected chi connectivity index (χ0v) is 20.2. The van der Waals surface area contributed by atoms with E-state index in [4.69, 9.17) is 14.5 Å². The van der Waals surface area contributed by atoms with E-state index in [1.165, 1.54) is 11.1 Å². The van der Waals surface area contributed by atoms with Crippen LogP contribution in [0.25, 0.3) is 0 Å². The number of hydrogen-bond acceptors (Lipinski definition) is 4. The van der Waals surface area contributed by atoms with E-state index in [-0.39, 0.29) is 24.0 Å². The summed E-state index contributed by atoms with van der Waals surface area (Å²) < 4.78 is 10.8. The Labute approximate surface area is 197 Å². The zero-order chi connectivity index (χ0) is 20.3. The molecule has 0 atom stereocenters. The minimum atomic E-state index is 0. The van der Waals surface area contributed by atoms with Crippen LogP contribution in [0.15, 0.2) is 53.5 Å². The molecule has 1 heterocycles. The third kappa shape index (κ3) is 7.77. The van der Waals surface area contributed by atoms with Gasteiger partial charge >= 0.3 is 0 Å². The number of benzene rings is 2. The first-order chi connectivity index (χ1) is 14.3. The molecule has 30 heavy (non-hydrogen) atoms. The lowest BCUT2D eigenvalue weighted by molar-refractivity contribution is 0.0341. The van der Waals surface area contributed by atoms with E-state index in [1.807, 2.05) is 18.2 Å². The Morgan fingerprint density at radius 2 is 1.83 bits per heavy atom. The number of nitrogens with one attached hydrogen (secondary N) is 2. The van der Waals surface area contributed by atoms with Crippen LogP contribution in [0.3, 0.4) is 0 Å². The fourth-order valence-corrected chi connectivity index (χ4v) is 3.35. The van der Waals surface area contributed by atoms with Gasteiger partial charge in [0.1, 0.15) is 5.75 Å². The largest absolute Gasteiger partial charge is 0.497 e. The normalized spacial score (nSPS) is 14.7. The highest BCUT2D eigenvalue weighted by atomic mass is 127. The monoisotopic (exact) mass is 524 g/mol. The zero-order valence-electron chi connectivity index (χ0n) is 17.9. The Kier molecular flexibility index (Phi) is 11.0. The second-order valence-electron chi connectivity index (χ2n) is 7.06. The van der Waals surface area contributed by atoms with Gasteiger partial charge in [-0.15, -0.1) is 24.0 Å². The van der Waals surface area contributed by atoms with Gasteiger partial charge in [-0.05, 0) is 35.7 Å². The molecule has 0 spiro atoms. The first-order valence-corrected chi connectivity index (χ1v) is 10.3. The fourth-order valence-electron chi connectivity index (χ4n) is 3.35. The SMILES string of the molecule is CCNC(=NCc1cccc(OC)c1)NCc1ccccc1CN1CCOCC1.I. The summed E-state index contributed by atoms with van der Waals surface area (Å²) >= 11 is 0. The van der Waals surface area contributed by atoms with Crippen LogP contribution >= 0.6 is 24.0 Å². The second kappa shape index (κ2) is 13.5. The molecule has 2 N–H and O–H groups in total. The van der Waals surface area contributed by atoms with E-state index in [0.29, 0.717) is 6.54 Å². The van der Waals surface area contributed by atoms with Gasteiger partial charge in [-0.25, -0.2) is 4.99 Å². The second-order valence-corrected chi connectivity index (χ2v) is 7.06. The Morgan fingerprint density at radius 1 is 1.07 bits per heavy atom. The van der Waals surface area contributed by atoms with Crippen LogP contribution in [0.4, 0.5) is 0 Å². The molecule has 1 aliphatic rings. The summed E-state index contributed by atoms with van der Waals surface area (Å²) in [6, 6.07) is 16.6. The molecular weight excluding hydrogens is 491 g/mol. The standard InChI is InChI=1S/C23H32N4O2.HI/c1-3-24-23(25-16-19-7-6-10-22(15-19)28-2)26-17-20-8-4-5-9-21(20)18-27-11-13-29-14-12-27;/h4-10,15H,3,11-14,16-18H2,1-2H3,(H2,24,25,26);1H. The lowest BCUT2D eigenvalue weighted by Gasteiger charge is -2.27. The number of guanidine groups is 1. The van der Waals surface area contributed by atoms with Crippen LogP contribution in [-0.2, 0) is 24.4 Å². The van der Waals surface area contributed by atoms with Gasteiger partial charge in [0.2, 0.25) is 0 Å². The van der Waals surface area contributed by atoms with Crippen molar-refractivity contribution in [2.24, 2.45) is 4.99 Å². The van der Waals surface area contributed by atoms with E-state index >= 15 is 0 Å². The summed E-state index contributed by atoms with van der Waals surface area (Å²) in [5, 5.41) is 6.81. The molecule has 2 aromatic carbocycles. The number of methoxy groups -OCH3 is 1. The van der Waals surface area contributed by atoms with Crippen LogP contribution in [-0.4, -0.2) is 50.8 Å². The number of ether oxygens (including phenoxy) is 2. The van der Waals surface area contributed by atoms with E-state index < -0.39 is 0 Å². The van der Waals surface area contributed by atoms with Gasteiger partial charge in [0.05, 0.1) is 26.9 Å². The molecule has 0 bridgehead atoms. The number of hydrogen-bond donors (Lipinski definition) is 2. The molecule has 164 valence electrons. The van der Waals surface area contributed by atoms with Crippen molar-refractivity contribution in [2.45, 2.75) is 26.6 Å². The lowest BCUT2D eigenvalue weighted by atomic mass is 10.1. The highest BCUT2D eigenvalue weighted by Gasteiger charge is 2.12. The van der Waals surface area contributed by atoms with Crippen molar-refractivity contribution >= 4 is 29.9 Å². The molecule has 2 aromatic rings. The average molecular weight is 524 g/mol. The highest BCUT2D eigenvalue weighted by molar-refractivity contribution is 14.0. The maximum absolute atomic E-state index is 5.47. The molecule has 0 amide bonds. The predicted octanol–water partition coefficient (Wildman–Crippen LogP) is 3.40. The quantitative estimate of drug-likeness (QED) is 0.315. The van der Waals surface area contributed by atoms with Crippen LogP contribution in [0, 0.1) is 0 Å². The minimum Gasteiger partial charge on any atom is -0.497 e. The molecule has 3 rings (SSSR count). The summed E-state index contributed by atoms with van der Waals surface area (Å²) in [4.78, 5) is 7.18. The van der Waals surface area contributed by atoms with Crippen molar-refractivity contribution in [3.8, 4) is 5.75 Å². The van der Waals surface area contributed by atoms with Gasteiger partial charge < -0.3 is 20.1 Å². The Morgan fingerprint density at radius 3 is 2.57 bits per heavy atom. The summed E-state index contributed by atoms with van der Waals surface area (Å²) in [7, 11) is 1.68.